The van der Waals surface area contributed by atoms with E-state index in [1.165, 1.54) is 0 Å². The highest BCUT2D eigenvalue weighted by Gasteiger charge is 2.66. The minimum Gasteiger partial charge on any atom is -0.466 e. The van der Waals surface area contributed by atoms with Crippen molar-refractivity contribution in [3.05, 3.63) is 0 Å². The zero-order chi connectivity index (χ0) is 11.8. The molecule has 0 aromatic carbocycles. The molecule has 1 N–H and O–H groups in total. The van der Waals surface area contributed by atoms with Crippen molar-refractivity contribution in [2.24, 2.45) is 17.3 Å². The van der Waals surface area contributed by atoms with E-state index >= 15 is 0 Å². The van der Waals surface area contributed by atoms with E-state index in [4.69, 9.17) is 27.9 Å². The quantitative estimate of drug-likeness (QED) is 0.617. The van der Waals surface area contributed by atoms with Crippen LogP contribution in [0.15, 0.2) is 0 Å². The molecule has 1 aliphatic carbocycles. The minimum absolute atomic E-state index is 0.212. The largest absolute Gasteiger partial charge is 0.466 e. The van der Waals surface area contributed by atoms with Crippen molar-refractivity contribution >= 4 is 29.2 Å². The van der Waals surface area contributed by atoms with Gasteiger partial charge in [-0.25, -0.2) is 0 Å². The molecule has 0 aliphatic heterocycles. The smallest absolute Gasteiger partial charge is 0.309 e. The fourth-order valence-corrected chi connectivity index (χ4v) is 2.47. The monoisotopic (exact) mass is 254 g/mol. The Hall–Kier alpha value is 0.01000. The number of aliphatic hydroxyl groups excluding tert-OH is 1. The predicted octanol–water partition coefficient (Wildman–Crippen LogP) is 1.99. The van der Waals surface area contributed by atoms with Gasteiger partial charge in [-0.05, 0) is 12.3 Å². The minimum atomic E-state index is -0.877. The van der Waals surface area contributed by atoms with Crippen molar-refractivity contribution < 1.29 is 14.6 Å². The summed E-state index contributed by atoms with van der Waals surface area (Å²) in [5.74, 6) is -0.787. The molecule has 1 rings (SSSR count). The number of rotatable bonds is 4. The molecule has 1 unspecified atom stereocenters. The van der Waals surface area contributed by atoms with Crippen molar-refractivity contribution in [1.82, 2.24) is 0 Å². The van der Waals surface area contributed by atoms with Crippen LogP contribution in [0.25, 0.3) is 0 Å². The summed E-state index contributed by atoms with van der Waals surface area (Å²) < 4.78 is 4.93. The van der Waals surface area contributed by atoms with E-state index in [1.807, 2.05) is 13.8 Å². The molecule has 1 aliphatic rings. The number of carbonyl (C=O) groups is 1. The molecular formula is C10H16Cl2O3. The summed E-state index contributed by atoms with van der Waals surface area (Å²) in [5.41, 5.74) is -0.284. The standard InChI is InChI=1S/C10H16Cl2O3/c1-4-15-9(14)6-5(10(6,2)3)7(13)8(11)12/h5-8,13H,4H2,1-3H3/t5-,6-,7?/m0/s1. The Morgan fingerprint density at radius 1 is 1.53 bits per heavy atom. The maximum atomic E-state index is 11.5. The van der Waals surface area contributed by atoms with Crippen LogP contribution in [-0.2, 0) is 9.53 Å². The first-order valence-corrected chi connectivity index (χ1v) is 5.84. The number of ether oxygens (including phenoxy) is 1. The van der Waals surface area contributed by atoms with Gasteiger partial charge in [0, 0.05) is 5.92 Å². The molecule has 15 heavy (non-hydrogen) atoms. The maximum Gasteiger partial charge on any atom is 0.309 e. The van der Waals surface area contributed by atoms with Gasteiger partial charge in [-0.15, -0.1) is 23.2 Å². The predicted molar refractivity (Wildman–Crippen MR) is 58.9 cm³/mol. The van der Waals surface area contributed by atoms with Gasteiger partial charge in [0.25, 0.3) is 0 Å². The van der Waals surface area contributed by atoms with E-state index in [-0.39, 0.29) is 23.2 Å². The summed E-state index contributed by atoms with van der Waals surface area (Å²) in [5, 5.41) is 9.72. The number of esters is 1. The third-order valence-electron chi connectivity index (χ3n) is 3.08. The molecule has 0 spiro atoms. The zero-order valence-corrected chi connectivity index (χ0v) is 10.5. The highest BCUT2D eigenvalue weighted by atomic mass is 35.5. The Morgan fingerprint density at radius 2 is 2.07 bits per heavy atom. The molecule has 1 saturated carbocycles. The molecular weight excluding hydrogens is 239 g/mol. The molecule has 3 atom stereocenters. The van der Waals surface area contributed by atoms with Gasteiger partial charge in [0.1, 0.15) is 4.84 Å². The SMILES string of the molecule is CCOC(=O)[C@@H]1[C@@H](C(O)C(Cl)Cl)C1(C)C. The zero-order valence-electron chi connectivity index (χ0n) is 9.04. The van der Waals surface area contributed by atoms with Gasteiger partial charge < -0.3 is 9.84 Å². The van der Waals surface area contributed by atoms with E-state index in [0.717, 1.165) is 0 Å². The first kappa shape index (κ1) is 13.1. The number of alkyl halides is 2. The van der Waals surface area contributed by atoms with Gasteiger partial charge in [-0.3, -0.25) is 4.79 Å². The summed E-state index contributed by atoms with van der Waals surface area (Å²) in [6.07, 6.45) is -0.877. The molecule has 0 aromatic rings. The van der Waals surface area contributed by atoms with Gasteiger partial charge in [0.05, 0.1) is 18.6 Å². The van der Waals surface area contributed by atoms with Crippen molar-refractivity contribution in [2.45, 2.75) is 31.7 Å². The van der Waals surface area contributed by atoms with Crippen LogP contribution in [-0.4, -0.2) is 28.6 Å². The number of hydrogen-bond donors (Lipinski definition) is 1. The molecule has 5 heteroatoms. The van der Waals surface area contributed by atoms with E-state index < -0.39 is 10.9 Å². The second-order valence-corrected chi connectivity index (χ2v) is 5.57. The van der Waals surface area contributed by atoms with Crippen LogP contribution in [0.4, 0.5) is 0 Å². The summed E-state index contributed by atoms with van der Waals surface area (Å²) in [6.45, 7) is 5.90. The van der Waals surface area contributed by atoms with Crippen LogP contribution in [0.2, 0.25) is 0 Å². The summed E-state index contributed by atoms with van der Waals surface area (Å²) in [7, 11) is 0. The van der Waals surface area contributed by atoms with Crippen molar-refractivity contribution in [3.8, 4) is 0 Å². The number of hydrogen-bond acceptors (Lipinski definition) is 3. The molecule has 0 heterocycles. The normalized spacial score (nSPS) is 30.1. The molecule has 0 amide bonds. The van der Waals surface area contributed by atoms with Crippen LogP contribution in [0.3, 0.4) is 0 Å². The van der Waals surface area contributed by atoms with E-state index in [9.17, 15) is 9.90 Å². The first-order chi connectivity index (χ1) is 6.84. The average Bonchev–Trinajstić information content (AvgIpc) is 2.68. The lowest BCUT2D eigenvalue weighted by Crippen LogP contribution is -2.22. The maximum absolute atomic E-state index is 11.5. The topological polar surface area (TPSA) is 46.5 Å². The lowest BCUT2D eigenvalue weighted by molar-refractivity contribution is -0.146. The third kappa shape index (κ3) is 2.40. The molecule has 3 nitrogen and oxygen atoms in total. The van der Waals surface area contributed by atoms with Crippen LogP contribution >= 0.6 is 23.2 Å². The summed E-state index contributed by atoms with van der Waals surface area (Å²) in [6, 6.07) is 0. The third-order valence-corrected chi connectivity index (χ3v) is 3.59. The highest BCUT2D eigenvalue weighted by molar-refractivity contribution is 6.44. The number of carbonyl (C=O) groups excluding carboxylic acids is 1. The Balaban J connectivity index is 2.66. The van der Waals surface area contributed by atoms with Crippen molar-refractivity contribution in [1.29, 1.82) is 0 Å². The van der Waals surface area contributed by atoms with Gasteiger partial charge >= 0.3 is 5.97 Å². The second-order valence-electron chi connectivity index (χ2n) is 4.40. The highest BCUT2D eigenvalue weighted by Crippen LogP contribution is 2.61. The van der Waals surface area contributed by atoms with Crippen LogP contribution < -0.4 is 0 Å². The van der Waals surface area contributed by atoms with Crippen LogP contribution in [0.1, 0.15) is 20.8 Å². The Morgan fingerprint density at radius 3 is 2.47 bits per heavy atom. The average molecular weight is 255 g/mol. The Labute approximate surface area is 99.7 Å². The number of halogens is 2. The van der Waals surface area contributed by atoms with Crippen molar-refractivity contribution in [2.75, 3.05) is 6.61 Å². The van der Waals surface area contributed by atoms with E-state index in [0.29, 0.717) is 6.61 Å². The van der Waals surface area contributed by atoms with Gasteiger partial charge in [0.2, 0.25) is 0 Å². The van der Waals surface area contributed by atoms with Crippen molar-refractivity contribution in [3.63, 3.8) is 0 Å². The Bertz CT molecular complexity index is 253. The molecule has 0 aromatic heterocycles. The summed E-state index contributed by atoms with van der Waals surface area (Å²) >= 11 is 11.2. The van der Waals surface area contributed by atoms with Gasteiger partial charge in [-0.2, -0.15) is 0 Å². The van der Waals surface area contributed by atoms with Gasteiger partial charge in [-0.1, -0.05) is 13.8 Å². The Kier molecular flexibility index (Phi) is 3.90. The molecule has 0 radical (unpaired) electrons. The van der Waals surface area contributed by atoms with Crippen LogP contribution in [0.5, 0.6) is 0 Å². The second kappa shape index (κ2) is 4.48. The molecule has 0 bridgehead atoms. The number of aliphatic hydroxyl groups is 1. The van der Waals surface area contributed by atoms with E-state index in [1.54, 1.807) is 6.92 Å². The molecule has 1 fully saturated rings. The summed E-state index contributed by atoms with van der Waals surface area (Å²) in [4.78, 5) is 10.7. The lowest BCUT2D eigenvalue weighted by Gasteiger charge is -2.11. The van der Waals surface area contributed by atoms with Crippen LogP contribution in [0, 0.1) is 17.3 Å². The van der Waals surface area contributed by atoms with Gasteiger partial charge in [0.15, 0.2) is 0 Å². The fraction of sp³-hybridized carbons (Fsp3) is 0.900. The first-order valence-electron chi connectivity index (χ1n) is 4.96. The lowest BCUT2D eigenvalue weighted by atomic mass is 10.1. The van der Waals surface area contributed by atoms with E-state index in [2.05, 4.69) is 0 Å². The molecule has 0 saturated heterocycles. The molecule has 88 valence electrons. The fourth-order valence-electron chi connectivity index (χ4n) is 2.15.